The summed E-state index contributed by atoms with van der Waals surface area (Å²) in [5.74, 6) is 0.669. The molecule has 0 aliphatic heterocycles. The van der Waals surface area contributed by atoms with Crippen molar-refractivity contribution >= 4 is 22.6 Å². The standard InChI is InChI=1S/C27H25NO4/c1-27(2,3)18-11-9-17(10-12-18)25-16-22(29)21-15-19(13-14-24(21)32-25)28-26(30)20-7-5-6-8-23(20)31-4/h5-16H,1-4H3,(H,28,30). The van der Waals surface area contributed by atoms with Crippen LogP contribution in [0, 0.1) is 0 Å². The van der Waals surface area contributed by atoms with Gasteiger partial charge in [0, 0.05) is 17.3 Å². The summed E-state index contributed by atoms with van der Waals surface area (Å²) in [5.41, 5.74) is 3.30. The summed E-state index contributed by atoms with van der Waals surface area (Å²) in [5, 5.41) is 3.22. The normalized spacial score (nSPS) is 11.4. The molecule has 0 saturated carbocycles. The van der Waals surface area contributed by atoms with Gasteiger partial charge in [0.25, 0.3) is 5.91 Å². The number of methoxy groups -OCH3 is 1. The molecular weight excluding hydrogens is 402 g/mol. The zero-order valence-corrected chi connectivity index (χ0v) is 18.6. The number of hydrogen-bond donors (Lipinski definition) is 1. The summed E-state index contributed by atoms with van der Waals surface area (Å²) in [6.45, 7) is 6.47. The van der Waals surface area contributed by atoms with Crippen molar-refractivity contribution in [2.75, 3.05) is 12.4 Å². The van der Waals surface area contributed by atoms with Gasteiger partial charge < -0.3 is 14.5 Å². The first-order valence-corrected chi connectivity index (χ1v) is 10.4. The molecule has 0 atom stereocenters. The Balaban J connectivity index is 1.64. The number of para-hydroxylation sites is 1. The lowest BCUT2D eigenvalue weighted by Crippen LogP contribution is -2.13. The van der Waals surface area contributed by atoms with Crippen molar-refractivity contribution in [3.63, 3.8) is 0 Å². The Labute approximate surface area is 186 Å². The predicted molar refractivity (Wildman–Crippen MR) is 128 cm³/mol. The smallest absolute Gasteiger partial charge is 0.259 e. The van der Waals surface area contributed by atoms with E-state index in [0.717, 1.165) is 5.56 Å². The molecule has 3 aromatic carbocycles. The minimum absolute atomic E-state index is 0.0490. The monoisotopic (exact) mass is 427 g/mol. The van der Waals surface area contributed by atoms with E-state index in [2.05, 4.69) is 38.2 Å². The molecule has 162 valence electrons. The molecule has 32 heavy (non-hydrogen) atoms. The summed E-state index contributed by atoms with van der Waals surface area (Å²) in [7, 11) is 1.52. The maximum Gasteiger partial charge on any atom is 0.259 e. The minimum Gasteiger partial charge on any atom is -0.496 e. The lowest BCUT2D eigenvalue weighted by molar-refractivity contribution is 0.102. The number of nitrogens with one attached hydrogen (secondary N) is 1. The number of carbonyl (C=O) groups excluding carboxylic acids is 1. The summed E-state index contributed by atoms with van der Waals surface area (Å²) in [6.07, 6.45) is 0. The molecule has 0 spiro atoms. The number of anilines is 1. The van der Waals surface area contributed by atoms with Gasteiger partial charge >= 0.3 is 0 Å². The van der Waals surface area contributed by atoms with Crippen LogP contribution in [0.2, 0.25) is 0 Å². The second-order valence-electron chi connectivity index (χ2n) is 8.67. The predicted octanol–water partition coefficient (Wildman–Crippen LogP) is 6.02. The van der Waals surface area contributed by atoms with Gasteiger partial charge in [0.05, 0.1) is 18.1 Å². The van der Waals surface area contributed by atoms with Gasteiger partial charge in [-0.1, -0.05) is 57.2 Å². The Morgan fingerprint density at radius 1 is 0.938 bits per heavy atom. The van der Waals surface area contributed by atoms with Crippen LogP contribution >= 0.6 is 0 Å². The molecule has 1 aromatic heterocycles. The maximum absolute atomic E-state index is 12.8. The van der Waals surface area contributed by atoms with Crippen LogP contribution in [-0.2, 0) is 5.41 Å². The van der Waals surface area contributed by atoms with Crippen LogP contribution in [-0.4, -0.2) is 13.0 Å². The Morgan fingerprint density at radius 2 is 1.66 bits per heavy atom. The molecule has 0 bridgehead atoms. The molecule has 4 aromatic rings. The van der Waals surface area contributed by atoms with E-state index >= 15 is 0 Å². The molecule has 5 heteroatoms. The van der Waals surface area contributed by atoms with Gasteiger partial charge in [0.1, 0.15) is 17.1 Å². The average Bonchev–Trinajstić information content (AvgIpc) is 2.78. The van der Waals surface area contributed by atoms with E-state index in [1.807, 2.05) is 12.1 Å². The van der Waals surface area contributed by atoms with Crippen LogP contribution in [0.1, 0.15) is 36.7 Å². The zero-order valence-electron chi connectivity index (χ0n) is 18.6. The quantitative estimate of drug-likeness (QED) is 0.432. The molecule has 1 amide bonds. The molecule has 0 unspecified atom stereocenters. The van der Waals surface area contributed by atoms with E-state index in [4.69, 9.17) is 9.15 Å². The van der Waals surface area contributed by atoms with E-state index in [1.165, 1.54) is 18.7 Å². The van der Waals surface area contributed by atoms with Gasteiger partial charge in [-0.2, -0.15) is 0 Å². The molecule has 5 nitrogen and oxygen atoms in total. The number of ether oxygens (including phenoxy) is 1. The van der Waals surface area contributed by atoms with E-state index < -0.39 is 0 Å². The molecule has 0 radical (unpaired) electrons. The van der Waals surface area contributed by atoms with Gasteiger partial charge in [-0.05, 0) is 41.3 Å². The molecular formula is C27H25NO4. The van der Waals surface area contributed by atoms with Crippen LogP contribution in [0.15, 0.2) is 82.0 Å². The van der Waals surface area contributed by atoms with Gasteiger partial charge in [-0.15, -0.1) is 0 Å². The van der Waals surface area contributed by atoms with Crippen molar-refractivity contribution in [2.45, 2.75) is 26.2 Å². The number of hydrogen-bond acceptors (Lipinski definition) is 4. The fourth-order valence-corrected chi connectivity index (χ4v) is 3.54. The van der Waals surface area contributed by atoms with E-state index in [9.17, 15) is 9.59 Å². The second-order valence-corrected chi connectivity index (χ2v) is 8.67. The van der Waals surface area contributed by atoms with Gasteiger partial charge in [0.2, 0.25) is 0 Å². The van der Waals surface area contributed by atoms with Gasteiger partial charge in [0.15, 0.2) is 5.43 Å². The fourth-order valence-electron chi connectivity index (χ4n) is 3.54. The molecule has 0 aliphatic carbocycles. The number of rotatable bonds is 4. The zero-order chi connectivity index (χ0) is 22.9. The van der Waals surface area contributed by atoms with Crippen molar-refractivity contribution < 1.29 is 13.9 Å². The number of benzene rings is 3. The molecule has 4 rings (SSSR count). The first kappa shape index (κ1) is 21.4. The third-order valence-corrected chi connectivity index (χ3v) is 5.37. The highest BCUT2D eigenvalue weighted by Gasteiger charge is 2.15. The molecule has 1 heterocycles. The molecule has 1 N–H and O–H groups in total. The van der Waals surface area contributed by atoms with Crippen molar-refractivity contribution in [3.8, 4) is 17.1 Å². The highest BCUT2D eigenvalue weighted by molar-refractivity contribution is 6.06. The number of carbonyl (C=O) groups is 1. The van der Waals surface area contributed by atoms with Crippen LogP contribution < -0.4 is 15.5 Å². The van der Waals surface area contributed by atoms with E-state index in [-0.39, 0.29) is 16.8 Å². The molecule has 0 saturated heterocycles. The Morgan fingerprint density at radius 3 is 2.34 bits per heavy atom. The molecule has 0 fully saturated rings. The Kier molecular flexibility index (Phi) is 5.57. The van der Waals surface area contributed by atoms with Crippen molar-refractivity contribution in [1.29, 1.82) is 0 Å². The lowest BCUT2D eigenvalue weighted by atomic mass is 9.86. The summed E-state index contributed by atoms with van der Waals surface area (Å²) >= 11 is 0. The van der Waals surface area contributed by atoms with Crippen molar-refractivity contribution in [1.82, 2.24) is 0 Å². The maximum atomic E-state index is 12.8. The summed E-state index contributed by atoms with van der Waals surface area (Å²) < 4.78 is 11.3. The summed E-state index contributed by atoms with van der Waals surface area (Å²) in [6, 6.07) is 21.5. The number of amides is 1. The lowest BCUT2D eigenvalue weighted by Gasteiger charge is -2.19. The van der Waals surface area contributed by atoms with Crippen LogP contribution in [0.25, 0.3) is 22.3 Å². The third kappa shape index (κ3) is 4.28. The van der Waals surface area contributed by atoms with Gasteiger partial charge in [-0.3, -0.25) is 9.59 Å². The Bertz CT molecular complexity index is 1340. The largest absolute Gasteiger partial charge is 0.496 e. The first-order valence-electron chi connectivity index (χ1n) is 10.4. The highest BCUT2D eigenvalue weighted by atomic mass is 16.5. The highest BCUT2D eigenvalue weighted by Crippen LogP contribution is 2.28. The molecule has 0 aliphatic rings. The van der Waals surface area contributed by atoms with Crippen molar-refractivity contribution in [3.05, 3.63) is 94.1 Å². The minimum atomic E-state index is -0.318. The van der Waals surface area contributed by atoms with E-state index in [1.54, 1.807) is 42.5 Å². The van der Waals surface area contributed by atoms with Crippen molar-refractivity contribution in [2.24, 2.45) is 0 Å². The van der Waals surface area contributed by atoms with Gasteiger partial charge in [-0.25, -0.2) is 0 Å². The Hall–Kier alpha value is -3.86. The SMILES string of the molecule is COc1ccccc1C(=O)Nc1ccc2oc(-c3ccc(C(C)(C)C)cc3)cc(=O)c2c1. The van der Waals surface area contributed by atoms with Crippen LogP contribution in [0.4, 0.5) is 5.69 Å². The second kappa shape index (κ2) is 8.35. The number of fused-ring (bicyclic) bond motifs is 1. The fraction of sp³-hybridized carbons (Fsp3) is 0.185. The first-order chi connectivity index (χ1) is 15.3. The van der Waals surface area contributed by atoms with Crippen LogP contribution in [0.3, 0.4) is 0 Å². The van der Waals surface area contributed by atoms with Crippen LogP contribution in [0.5, 0.6) is 5.75 Å². The third-order valence-electron chi connectivity index (χ3n) is 5.37. The van der Waals surface area contributed by atoms with E-state index in [0.29, 0.717) is 33.7 Å². The topological polar surface area (TPSA) is 68.5 Å². The summed E-state index contributed by atoms with van der Waals surface area (Å²) in [4.78, 5) is 25.5. The average molecular weight is 428 g/mol.